The van der Waals surface area contributed by atoms with Gasteiger partial charge in [0.05, 0.1) is 6.10 Å². The predicted molar refractivity (Wildman–Crippen MR) is 72.3 cm³/mol. The van der Waals surface area contributed by atoms with Crippen molar-refractivity contribution < 1.29 is 5.11 Å². The number of aliphatic hydroxyl groups excluding tert-OH is 1. The first-order chi connectivity index (χ1) is 8.29. The molecule has 0 amide bonds. The second kappa shape index (κ2) is 6.20. The Morgan fingerprint density at radius 2 is 1.82 bits per heavy atom. The van der Waals surface area contributed by atoms with Crippen LogP contribution in [0.25, 0.3) is 0 Å². The molecule has 0 spiro atoms. The van der Waals surface area contributed by atoms with E-state index in [-0.39, 0.29) is 6.10 Å². The third kappa shape index (κ3) is 3.57. The van der Waals surface area contributed by atoms with E-state index in [1.165, 1.54) is 43.2 Å². The van der Waals surface area contributed by atoms with Crippen molar-refractivity contribution >= 4 is 0 Å². The zero-order chi connectivity index (χ0) is 12.1. The van der Waals surface area contributed by atoms with E-state index in [1.807, 2.05) is 0 Å². The number of hydrogen-bond acceptors (Lipinski definition) is 1. The van der Waals surface area contributed by atoms with Crippen LogP contribution in [0.15, 0.2) is 24.3 Å². The highest BCUT2D eigenvalue weighted by molar-refractivity contribution is 5.25. The maximum absolute atomic E-state index is 9.86. The molecule has 17 heavy (non-hydrogen) atoms. The van der Waals surface area contributed by atoms with Gasteiger partial charge >= 0.3 is 0 Å². The Hall–Kier alpha value is -0.820. The molecule has 2 unspecified atom stereocenters. The lowest BCUT2D eigenvalue weighted by Gasteiger charge is -2.17. The zero-order valence-corrected chi connectivity index (χ0v) is 10.9. The van der Waals surface area contributed by atoms with Crippen LogP contribution in [0.1, 0.15) is 62.5 Å². The van der Waals surface area contributed by atoms with E-state index in [4.69, 9.17) is 0 Å². The quantitative estimate of drug-likeness (QED) is 0.780. The summed E-state index contributed by atoms with van der Waals surface area (Å²) in [4.78, 5) is 0. The van der Waals surface area contributed by atoms with Crippen molar-refractivity contribution in [2.45, 2.75) is 63.9 Å². The largest absolute Gasteiger partial charge is 0.393 e. The molecule has 0 bridgehead atoms. The van der Waals surface area contributed by atoms with Crippen molar-refractivity contribution in [1.82, 2.24) is 0 Å². The van der Waals surface area contributed by atoms with Crippen molar-refractivity contribution in [2.75, 3.05) is 0 Å². The Balaban J connectivity index is 2.04. The summed E-state index contributed by atoms with van der Waals surface area (Å²) in [7, 11) is 0. The molecule has 1 nitrogen and oxygen atoms in total. The lowest BCUT2D eigenvalue weighted by atomic mass is 9.90. The first-order valence-corrected chi connectivity index (χ1v) is 7.06. The van der Waals surface area contributed by atoms with Crippen molar-refractivity contribution in [3.05, 3.63) is 35.4 Å². The van der Waals surface area contributed by atoms with E-state index in [0.717, 1.165) is 12.8 Å². The van der Waals surface area contributed by atoms with Gasteiger partial charge in [0.2, 0.25) is 0 Å². The molecule has 1 aromatic carbocycles. The minimum absolute atomic E-state index is 0.0854. The van der Waals surface area contributed by atoms with E-state index < -0.39 is 0 Å². The monoisotopic (exact) mass is 232 g/mol. The molecule has 0 aromatic heterocycles. The highest BCUT2D eigenvalue weighted by Crippen LogP contribution is 2.31. The number of rotatable bonds is 3. The fraction of sp³-hybridized carbons (Fsp3) is 0.625. The second-order valence-electron chi connectivity index (χ2n) is 5.36. The second-order valence-corrected chi connectivity index (χ2v) is 5.36. The van der Waals surface area contributed by atoms with Gasteiger partial charge in [0, 0.05) is 0 Å². The molecule has 0 saturated heterocycles. The summed E-state index contributed by atoms with van der Waals surface area (Å²) < 4.78 is 0. The van der Waals surface area contributed by atoms with Gasteiger partial charge in [-0.25, -0.2) is 0 Å². The summed E-state index contributed by atoms with van der Waals surface area (Å²) in [6.45, 7) is 2.22. The van der Waals surface area contributed by atoms with Gasteiger partial charge in [-0.2, -0.15) is 0 Å². The summed E-state index contributed by atoms with van der Waals surface area (Å²) >= 11 is 0. The van der Waals surface area contributed by atoms with Crippen LogP contribution in [-0.2, 0) is 6.42 Å². The maximum atomic E-state index is 9.86. The molecule has 0 heterocycles. The molecule has 94 valence electrons. The van der Waals surface area contributed by atoms with Gasteiger partial charge in [-0.3, -0.25) is 0 Å². The van der Waals surface area contributed by atoms with Gasteiger partial charge in [0.25, 0.3) is 0 Å². The Labute approximate surface area is 105 Å². The zero-order valence-electron chi connectivity index (χ0n) is 10.9. The molecule has 1 aromatic rings. The number of benzene rings is 1. The van der Waals surface area contributed by atoms with E-state index in [9.17, 15) is 5.11 Å². The minimum Gasteiger partial charge on any atom is -0.393 e. The van der Waals surface area contributed by atoms with Crippen molar-refractivity contribution in [3.63, 3.8) is 0 Å². The van der Waals surface area contributed by atoms with Crippen molar-refractivity contribution in [2.24, 2.45) is 0 Å². The molecule has 0 aliphatic heterocycles. The van der Waals surface area contributed by atoms with Gasteiger partial charge < -0.3 is 5.11 Å². The van der Waals surface area contributed by atoms with Gasteiger partial charge in [0.1, 0.15) is 0 Å². The van der Waals surface area contributed by atoms with E-state index in [0.29, 0.717) is 5.92 Å². The Morgan fingerprint density at radius 1 is 1.12 bits per heavy atom. The van der Waals surface area contributed by atoms with E-state index in [2.05, 4.69) is 31.2 Å². The minimum atomic E-state index is -0.0854. The Bertz CT molecular complexity index is 328. The van der Waals surface area contributed by atoms with Crippen LogP contribution < -0.4 is 0 Å². The van der Waals surface area contributed by atoms with E-state index in [1.54, 1.807) is 0 Å². The van der Waals surface area contributed by atoms with Crippen LogP contribution in [0.3, 0.4) is 0 Å². The molecular weight excluding hydrogens is 208 g/mol. The van der Waals surface area contributed by atoms with Crippen LogP contribution in [0.2, 0.25) is 0 Å². The SMILES string of the molecule is CCCc1ccc(C2CCCCC(O)C2)cc1. The Kier molecular flexibility index (Phi) is 4.61. The summed E-state index contributed by atoms with van der Waals surface area (Å²) in [5, 5.41) is 9.86. The molecule has 1 N–H and O–H groups in total. The first kappa shape index (κ1) is 12.6. The van der Waals surface area contributed by atoms with Gasteiger partial charge in [-0.15, -0.1) is 0 Å². The summed E-state index contributed by atoms with van der Waals surface area (Å²) in [5.41, 5.74) is 2.86. The molecule has 1 aliphatic rings. The van der Waals surface area contributed by atoms with Crippen LogP contribution in [0.5, 0.6) is 0 Å². The molecule has 1 saturated carbocycles. The van der Waals surface area contributed by atoms with Crippen molar-refractivity contribution in [1.29, 1.82) is 0 Å². The van der Waals surface area contributed by atoms with Crippen molar-refractivity contribution in [3.8, 4) is 0 Å². The van der Waals surface area contributed by atoms with Crippen LogP contribution in [0, 0.1) is 0 Å². The van der Waals surface area contributed by atoms with E-state index >= 15 is 0 Å². The predicted octanol–water partition coefficient (Wildman–Crippen LogP) is 4.05. The topological polar surface area (TPSA) is 20.2 Å². The van der Waals surface area contributed by atoms with Crippen LogP contribution >= 0.6 is 0 Å². The van der Waals surface area contributed by atoms with Gasteiger partial charge in [-0.05, 0) is 42.7 Å². The smallest absolute Gasteiger partial charge is 0.0546 e. The molecule has 2 rings (SSSR count). The highest BCUT2D eigenvalue weighted by Gasteiger charge is 2.19. The lowest BCUT2D eigenvalue weighted by Crippen LogP contribution is -2.09. The number of aliphatic hydroxyl groups is 1. The molecule has 0 radical (unpaired) electrons. The molecule has 2 atom stereocenters. The number of hydrogen-bond donors (Lipinski definition) is 1. The van der Waals surface area contributed by atoms with Gasteiger partial charge in [0.15, 0.2) is 0 Å². The fourth-order valence-electron chi connectivity index (χ4n) is 2.88. The normalized spacial score (nSPS) is 25.5. The maximum Gasteiger partial charge on any atom is 0.0546 e. The summed E-state index contributed by atoms with van der Waals surface area (Å²) in [5.74, 6) is 0.572. The molecule has 1 aliphatic carbocycles. The lowest BCUT2D eigenvalue weighted by molar-refractivity contribution is 0.152. The van der Waals surface area contributed by atoms with Gasteiger partial charge in [-0.1, -0.05) is 50.5 Å². The third-order valence-corrected chi connectivity index (χ3v) is 3.89. The first-order valence-electron chi connectivity index (χ1n) is 7.06. The average molecular weight is 232 g/mol. The standard InChI is InChI=1S/C16H24O/c1-2-5-13-8-10-14(11-9-13)15-6-3-4-7-16(17)12-15/h8-11,15-17H,2-7,12H2,1H3. The summed E-state index contributed by atoms with van der Waals surface area (Å²) in [6.07, 6.45) is 7.93. The van der Waals surface area contributed by atoms with Crippen LogP contribution in [0.4, 0.5) is 0 Å². The molecule has 1 fully saturated rings. The highest BCUT2D eigenvalue weighted by atomic mass is 16.3. The number of aryl methyl sites for hydroxylation is 1. The van der Waals surface area contributed by atoms with Crippen LogP contribution in [-0.4, -0.2) is 11.2 Å². The third-order valence-electron chi connectivity index (χ3n) is 3.89. The Morgan fingerprint density at radius 3 is 2.53 bits per heavy atom. The average Bonchev–Trinajstić information content (AvgIpc) is 2.55. The molecular formula is C16H24O. The fourth-order valence-corrected chi connectivity index (χ4v) is 2.88. The summed E-state index contributed by atoms with van der Waals surface area (Å²) in [6, 6.07) is 9.06. The molecule has 1 heteroatoms.